The summed E-state index contributed by atoms with van der Waals surface area (Å²) in [5.41, 5.74) is 1.09. The fourth-order valence-electron chi connectivity index (χ4n) is 3.01. The molecule has 0 saturated carbocycles. The van der Waals surface area contributed by atoms with Crippen molar-refractivity contribution in [2.24, 2.45) is 0 Å². The van der Waals surface area contributed by atoms with Crippen molar-refractivity contribution in [3.05, 3.63) is 62.7 Å². The summed E-state index contributed by atoms with van der Waals surface area (Å²) in [6.07, 6.45) is 2.22. The maximum absolute atomic E-state index is 13.9. The average molecular weight is 524 g/mol. The Bertz CT molecular complexity index is 1030. The molecule has 0 bridgehead atoms. The fraction of sp³-hybridized carbons (Fsp3) is 0.304. The van der Waals surface area contributed by atoms with Crippen LogP contribution in [0.15, 0.2) is 45.8 Å². The van der Waals surface area contributed by atoms with E-state index in [0.29, 0.717) is 58.2 Å². The third kappa shape index (κ3) is 5.90. The van der Waals surface area contributed by atoms with Crippen LogP contribution in [0.3, 0.4) is 0 Å². The summed E-state index contributed by atoms with van der Waals surface area (Å²) in [5, 5.41) is -0.302. The molecule has 170 valence electrons. The number of rotatable bonds is 10. The minimum absolute atomic E-state index is 0.0406. The number of methoxy groups -OCH3 is 1. The zero-order chi connectivity index (χ0) is 23.1. The van der Waals surface area contributed by atoms with Crippen molar-refractivity contribution >= 4 is 44.9 Å². The Morgan fingerprint density at radius 3 is 2.62 bits per heavy atom. The first-order valence-corrected chi connectivity index (χ1v) is 11.6. The molecular formula is C23H23BrFNO5S. The number of nitrogens with zero attached hydrogens (tertiary/aromatic N) is 1. The van der Waals surface area contributed by atoms with Crippen LogP contribution >= 0.6 is 27.7 Å². The average Bonchev–Trinajstić information content (AvgIpc) is 3.03. The number of hydrogen-bond acceptors (Lipinski definition) is 6. The number of amides is 2. The highest BCUT2D eigenvalue weighted by Crippen LogP contribution is 2.38. The van der Waals surface area contributed by atoms with Gasteiger partial charge in [-0.25, -0.2) is 4.39 Å². The molecule has 6 nitrogen and oxygen atoms in total. The van der Waals surface area contributed by atoms with E-state index < -0.39 is 0 Å². The lowest BCUT2D eigenvalue weighted by Crippen LogP contribution is -2.29. The zero-order valence-corrected chi connectivity index (χ0v) is 20.1. The molecule has 2 aromatic carbocycles. The van der Waals surface area contributed by atoms with Crippen LogP contribution in [0.4, 0.5) is 9.18 Å². The van der Waals surface area contributed by atoms with Crippen molar-refractivity contribution in [3.63, 3.8) is 0 Å². The predicted octanol–water partition coefficient (Wildman–Crippen LogP) is 5.64. The van der Waals surface area contributed by atoms with E-state index in [0.717, 1.165) is 11.8 Å². The standard InChI is InChI=1S/C23H23BrFNO5S/c1-3-30-19-11-16(12-21-22(27)26(23(28)32-21)9-6-10-29-2)17(24)13-20(19)31-14-15-7-4-5-8-18(15)25/h4-5,7-8,11-13H,3,6,9-10,14H2,1-2H3/b21-12+. The first kappa shape index (κ1) is 24.3. The summed E-state index contributed by atoms with van der Waals surface area (Å²) >= 11 is 4.39. The largest absolute Gasteiger partial charge is 0.490 e. The van der Waals surface area contributed by atoms with Crippen LogP contribution in [0, 0.1) is 5.82 Å². The zero-order valence-electron chi connectivity index (χ0n) is 17.7. The molecule has 0 atom stereocenters. The lowest BCUT2D eigenvalue weighted by molar-refractivity contribution is -0.122. The van der Waals surface area contributed by atoms with E-state index in [9.17, 15) is 14.0 Å². The molecular weight excluding hydrogens is 501 g/mol. The highest BCUT2D eigenvalue weighted by Gasteiger charge is 2.34. The summed E-state index contributed by atoms with van der Waals surface area (Å²) in [7, 11) is 1.57. The fourth-order valence-corrected chi connectivity index (χ4v) is 4.31. The van der Waals surface area contributed by atoms with Crippen LogP contribution < -0.4 is 9.47 Å². The van der Waals surface area contributed by atoms with E-state index in [1.54, 1.807) is 43.5 Å². The topological polar surface area (TPSA) is 65.1 Å². The van der Waals surface area contributed by atoms with Crippen LogP contribution in [-0.2, 0) is 16.1 Å². The van der Waals surface area contributed by atoms with Gasteiger partial charge in [0.15, 0.2) is 11.5 Å². The third-order valence-electron chi connectivity index (χ3n) is 4.59. The van der Waals surface area contributed by atoms with Gasteiger partial charge >= 0.3 is 0 Å². The van der Waals surface area contributed by atoms with Crippen molar-refractivity contribution < 1.29 is 28.2 Å². The first-order chi connectivity index (χ1) is 15.4. The minimum Gasteiger partial charge on any atom is -0.490 e. The minimum atomic E-state index is -0.345. The van der Waals surface area contributed by atoms with E-state index in [4.69, 9.17) is 14.2 Å². The molecule has 1 fully saturated rings. The Balaban J connectivity index is 1.82. The molecule has 9 heteroatoms. The van der Waals surface area contributed by atoms with Gasteiger partial charge in [-0.3, -0.25) is 14.5 Å². The molecule has 1 saturated heterocycles. The lowest BCUT2D eigenvalue weighted by Gasteiger charge is -2.14. The van der Waals surface area contributed by atoms with Gasteiger partial charge in [0.2, 0.25) is 0 Å². The maximum atomic E-state index is 13.9. The van der Waals surface area contributed by atoms with E-state index in [1.165, 1.54) is 11.0 Å². The summed E-state index contributed by atoms with van der Waals surface area (Å²) in [6, 6.07) is 9.83. The Labute approximate surface area is 198 Å². The number of carbonyl (C=O) groups is 2. The monoisotopic (exact) mass is 523 g/mol. The third-order valence-corrected chi connectivity index (χ3v) is 6.19. The van der Waals surface area contributed by atoms with Gasteiger partial charge in [0.1, 0.15) is 12.4 Å². The second-order valence-corrected chi connectivity index (χ2v) is 8.66. The number of hydrogen-bond donors (Lipinski definition) is 0. The summed E-state index contributed by atoms with van der Waals surface area (Å²) < 4.78 is 31.1. The Morgan fingerprint density at radius 2 is 1.91 bits per heavy atom. The van der Waals surface area contributed by atoms with E-state index >= 15 is 0 Å². The molecule has 1 aliphatic heterocycles. The molecule has 0 radical (unpaired) electrons. The first-order valence-electron chi connectivity index (χ1n) is 10.0. The number of imide groups is 1. The molecule has 3 rings (SSSR count). The van der Waals surface area contributed by atoms with Gasteiger partial charge in [-0.1, -0.05) is 34.1 Å². The molecule has 32 heavy (non-hydrogen) atoms. The maximum Gasteiger partial charge on any atom is 0.293 e. The smallest absolute Gasteiger partial charge is 0.293 e. The van der Waals surface area contributed by atoms with Gasteiger partial charge in [0, 0.05) is 30.3 Å². The highest BCUT2D eigenvalue weighted by molar-refractivity contribution is 9.10. The quantitative estimate of drug-likeness (QED) is 0.296. The molecule has 0 unspecified atom stereocenters. The van der Waals surface area contributed by atoms with E-state index in [1.807, 2.05) is 6.92 Å². The molecule has 2 amide bonds. The molecule has 0 N–H and O–H groups in total. The van der Waals surface area contributed by atoms with Crippen molar-refractivity contribution in [2.45, 2.75) is 20.0 Å². The molecule has 0 spiro atoms. The normalized spacial score (nSPS) is 15.0. The highest BCUT2D eigenvalue weighted by atomic mass is 79.9. The summed E-state index contributed by atoms with van der Waals surface area (Å²) in [6.45, 7) is 3.06. The number of thioether (sulfide) groups is 1. The lowest BCUT2D eigenvalue weighted by atomic mass is 10.1. The van der Waals surface area contributed by atoms with Gasteiger partial charge < -0.3 is 14.2 Å². The van der Waals surface area contributed by atoms with Crippen LogP contribution in [0.1, 0.15) is 24.5 Å². The van der Waals surface area contributed by atoms with Gasteiger partial charge in [-0.15, -0.1) is 0 Å². The molecule has 2 aromatic rings. The summed E-state index contributed by atoms with van der Waals surface area (Å²) in [5.74, 6) is 0.215. The number of benzene rings is 2. The number of ether oxygens (including phenoxy) is 3. The molecule has 0 aliphatic carbocycles. The predicted molar refractivity (Wildman–Crippen MR) is 125 cm³/mol. The summed E-state index contributed by atoms with van der Waals surface area (Å²) in [4.78, 5) is 26.4. The molecule has 1 heterocycles. The Morgan fingerprint density at radius 1 is 1.16 bits per heavy atom. The van der Waals surface area contributed by atoms with Crippen LogP contribution in [-0.4, -0.2) is 42.9 Å². The second-order valence-electron chi connectivity index (χ2n) is 6.81. The van der Waals surface area contributed by atoms with Crippen LogP contribution in [0.5, 0.6) is 11.5 Å². The van der Waals surface area contributed by atoms with E-state index in [2.05, 4.69) is 15.9 Å². The van der Waals surface area contributed by atoms with Crippen molar-refractivity contribution in [3.8, 4) is 11.5 Å². The van der Waals surface area contributed by atoms with Crippen molar-refractivity contribution in [1.29, 1.82) is 0 Å². The van der Waals surface area contributed by atoms with Crippen LogP contribution in [0.25, 0.3) is 6.08 Å². The SMILES string of the molecule is CCOc1cc(/C=C2/SC(=O)N(CCCOC)C2=O)c(Br)cc1OCc1ccccc1F. The number of carbonyl (C=O) groups excluding carboxylic acids is 2. The second kappa shape index (κ2) is 11.5. The Kier molecular flexibility index (Phi) is 8.72. The van der Waals surface area contributed by atoms with Gasteiger partial charge in [-0.05, 0) is 54.9 Å². The Hall–Kier alpha value is -2.36. The van der Waals surface area contributed by atoms with Crippen molar-refractivity contribution in [2.75, 3.05) is 26.9 Å². The van der Waals surface area contributed by atoms with Crippen molar-refractivity contribution in [1.82, 2.24) is 4.90 Å². The van der Waals surface area contributed by atoms with Gasteiger partial charge in [0.25, 0.3) is 11.1 Å². The van der Waals surface area contributed by atoms with E-state index in [-0.39, 0.29) is 23.6 Å². The molecule has 1 aliphatic rings. The van der Waals surface area contributed by atoms with Gasteiger partial charge in [-0.2, -0.15) is 0 Å². The van der Waals surface area contributed by atoms with Gasteiger partial charge in [0.05, 0.1) is 11.5 Å². The molecule has 0 aromatic heterocycles. The number of halogens is 2. The van der Waals surface area contributed by atoms with Crippen LogP contribution in [0.2, 0.25) is 0 Å².